The first kappa shape index (κ1) is 9.19. The van der Waals surface area contributed by atoms with Crippen LogP contribution in [-0.4, -0.2) is 11.1 Å². The van der Waals surface area contributed by atoms with Crippen LogP contribution >= 0.6 is 0 Å². The maximum Gasteiger partial charge on any atom is 0.307 e. The molecule has 1 aromatic rings. The van der Waals surface area contributed by atoms with Crippen molar-refractivity contribution in [3.05, 3.63) is 35.1 Å². The number of aliphatic carboxylic acids is 1. The molecule has 3 heteroatoms. The van der Waals surface area contributed by atoms with E-state index >= 15 is 0 Å². The van der Waals surface area contributed by atoms with E-state index in [0.29, 0.717) is 11.5 Å². The lowest BCUT2D eigenvalue weighted by molar-refractivity contribution is -0.136. The van der Waals surface area contributed by atoms with Crippen molar-refractivity contribution in [1.82, 2.24) is 0 Å². The summed E-state index contributed by atoms with van der Waals surface area (Å²) in [6.45, 7) is 0. The average Bonchev–Trinajstić information content (AvgIpc) is 2.86. The molecular weight excluding hydrogens is 183 g/mol. The predicted octanol–water partition coefficient (Wildman–Crippen LogP) is 2.33. The van der Waals surface area contributed by atoms with Gasteiger partial charge in [-0.3, -0.25) is 4.79 Å². The van der Waals surface area contributed by atoms with E-state index in [-0.39, 0.29) is 12.2 Å². The summed E-state index contributed by atoms with van der Waals surface area (Å²) >= 11 is 0. The Kier molecular flexibility index (Phi) is 2.23. The van der Waals surface area contributed by atoms with Gasteiger partial charge in [-0.05, 0) is 36.0 Å². The Morgan fingerprint density at radius 3 is 2.71 bits per heavy atom. The summed E-state index contributed by atoms with van der Waals surface area (Å²) < 4.78 is 13.4. The summed E-state index contributed by atoms with van der Waals surface area (Å²) in [4.78, 5) is 10.4. The number of hydrogen-bond acceptors (Lipinski definition) is 1. The zero-order valence-electron chi connectivity index (χ0n) is 7.66. The highest BCUT2D eigenvalue weighted by atomic mass is 19.1. The standard InChI is InChI=1S/C11H11FO2/c12-10-5-7(6-11(13)14)1-4-9(10)8-2-3-8/h1,4-5,8H,2-3,6H2,(H,13,14). The van der Waals surface area contributed by atoms with Crippen LogP contribution in [0, 0.1) is 5.82 Å². The Morgan fingerprint density at radius 1 is 1.50 bits per heavy atom. The molecule has 0 heterocycles. The molecule has 1 saturated carbocycles. The minimum Gasteiger partial charge on any atom is -0.481 e. The van der Waals surface area contributed by atoms with E-state index in [1.807, 2.05) is 0 Å². The lowest BCUT2D eigenvalue weighted by Gasteiger charge is -2.02. The number of benzene rings is 1. The largest absolute Gasteiger partial charge is 0.481 e. The molecular formula is C11H11FO2. The van der Waals surface area contributed by atoms with Crippen molar-refractivity contribution in [2.75, 3.05) is 0 Å². The summed E-state index contributed by atoms with van der Waals surface area (Å²) in [6.07, 6.45) is 1.99. The molecule has 2 nitrogen and oxygen atoms in total. The van der Waals surface area contributed by atoms with E-state index < -0.39 is 5.97 Å². The molecule has 0 aromatic heterocycles. The minimum atomic E-state index is -0.927. The van der Waals surface area contributed by atoms with Crippen LogP contribution in [0.25, 0.3) is 0 Å². The second-order valence-electron chi connectivity index (χ2n) is 3.70. The van der Waals surface area contributed by atoms with Gasteiger partial charge in [-0.15, -0.1) is 0 Å². The SMILES string of the molecule is O=C(O)Cc1ccc(C2CC2)c(F)c1. The smallest absolute Gasteiger partial charge is 0.307 e. The summed E-state index contributed by atoms with van der Waals surface area (Å²) in [7, 11) is 0. The van der Waals surface area contributed by atoms with Gasteiger partial charge in [-0.1, -0.05) is 12.1 Å². The highest BCUT2D eigenvalue weighted by Crippen LogP contribution is 2.41. The van der Waals surface area contributed by atoms with Crippen molar-refractivity contribution in [3.8, 4) is 0 Å². The summed E-state index contributed by atoms with van der Waals surface area (Å²) in [5.74, 6) is -0.816. The number of halogens is 1. The van der Waals surface area contributed by atoms with Crippen molar-refractivity contribution >= 4 is 5.97 Å². The number of carboxylic acids is 1. The highest BCUT2D eigenvalue weighted by Gasteiger charge is 2.26. The number of hydrogen-bond donors (Lipinski definition) is 1. The molecule has 0 atom stereocenters. The fourth-order valence-electron chi connectivity index (χ4n) is 1.58. The average molecular weight is 194 g/mol. The number of carboxylic acid groups (broad SMARTS) is 1. The summed E-state index contributed by atoms with van der Waals surface area (Å²) in [5.41, 5.74) is 1.26. The molecule has 0 bridgehead atoms. The van der Waals surface area contributed by atoms with Crippen LogP contribution in [0.5, 0.6) is 0 Å². The molecule has 0 unspecified atom stereocenters. The molecule has 1 N–H and O–H groups in total. The molecule has 1 aromatic carbocycles. The third-order valence-electron chi connectivity index (χ3n) is 2.44. The molecule has 0 spiro atoms. The number of carbonyl (C=O) groups is 1. The third kappa shape index (κ3) is 1.92. The fourth-order valence-corrected chi connectivity index (χ4v) is 1.58. The van der Waals surface area contributed by atoms with Crippen molar-refractivity contribution in [2.24, 2.45) is 0 Å². The van der Waals surface area contributed by atoms with Gasteiger partial charge in [-0.2, -0.15) is 0 Å². The van der Waals surface area contributed by atoms with Gasteiger partial charge >= 0.3 is 5.97 Å². The molecule has 0 aliphatic heterocycles. The second-order valence-corrected chi connectivity index (χ2v) is 3.70. The topological polar surface area (TPSA) is 37.3 Å². The Labute approximate surface area is 81.4 Å². The Hall–Kier alpha value is -1.38. The van der Waals surface area contributed by atoms with Gasteiger partial charge in [0.2, 0.25) is 0 Å². The lowest BCUT2D eigenvalue weighted by atomic mass is 10.1. The van der Waals surface area contributed by atoms with Crippen LogP contribution in [0.4, 0.5) is 4.39 Å². The third-order valence-corrected chi connectivity index (χ3v) is 2.44. The van der Waals surface area contributed by atoms with Crippen molar-refractivity contribution in [1.29, 1.82) is 0 Å². The zero-order chi connectivity index (χ0) is 10.1. The summed E-state index contributed by atoms with van der Waals surface area (Å²) in [5, 5.41) is 8.53. The molecule has 1 aliphatic rings. The van der Waals surface area contributed by atoms with E-state index in [4.69, 9.17) is 5.11 Å². The zero-order valence-corrected chi connectivity index (χ0v) is 7.66. The predicted molar refractivity (Wildman–Crippen MR) is 49.7 cm³/mol. The van der Waals surface area contributed by atoms with E-state index in [1.165, 1.54) is 6.07 Å². The van der Waals surface area contributed by atoms with Crippen LogP contribution in [0.2, 0.25) is 0 Å². The van der Waals surface area contributed by atoms with Gasteiger partial charge < -0.3 is 5.11 Å². The van der Waals surface area contributed by atoms with Crippen molar-refractivity contribution in [3.63, 3.8) is 0 Å². The Balaban J connectivity index is 2.21. The fraction of sp³-hybridized carbons (Fsp3) is 0.364. The molecule has 14 heavy (non-hydrogen) atoms. The van der Waals surface area contributed by atoms with Gasteiger partial charge in [0.15, 0.2) is 0 Å². The van der Waals surface area contributed by atoms with Crippen molar-refractivity contribution in [2.45, 2.75) is 25.2 Å². The van der Waals surface area contributed by atoms with Gasteiger partial charge in [-0.25, -0.2) is 4.39 Å². The quantitative estimate of drug-likeness (QED) is 0.801. The van der Waals surface area contributed by atoms with Crippen LogP contribution in [0.1, 0.15) is 29.9 Å². The maximum atomic E-state index is 13.4. The van der Waals surface area contributed by atoms with Crippen molar-refractivity contribution < 1.29 is 14.3 Å². The first-order valence-electron chi connectivity index (χ1n) is 4.67. The van der Waals surface area contributed by atoms with Gasteiger partial charge in [0.05, 0.1) is 6.42 Å². The van der Waals surface area contributed by atoms with E-state index in [0.717, 1.165) is 18.4 Å². The van der Waals surface area contributed by atoms with Crippen LogP contribution in [-0.2, 0) is 11.2 Å². The highest BCUT2D eigenvalue weighted by molar-refractivity contribution is 5.70. The molecule has 0 amide bonds. The van der Waals surface area contributed by atoms with E-state index in [9.17, 15) is 9.18 Å². The van der Waals surface area contributed by atoms with Crippen LogP contribution < -0.4 is 0 Å². The summed E-state index contributed by atoms with van der Waals surface area (Å²) in [6, 6.07) is 4.75. The van der Waals surface area contributed by atoms with E-state index in [1.54, 1.807) is 12.1 Å². The van der Waals surface area contributed by atoms with Crippen LogP contribution in [0.15, 0.2) is 18.2 Å². The molecule has 2 rings (SSSR count). The maximum absolute atomic E-state index is 13.4. The van der Waals surface area contributed by atoms with Crippen LogP contribution in [0.3, 0.4) is 0 Å². The monoisotopic (exact) mass is 194 g/mol. The Morgan fingerprint density at radius 2 is 2.21 bits per heavy atom. The van der Waals surface area contributed by atoms with Gasteiger partial charge in [0, 0.05) is 0 Å². The lowest BCUT2D eigenvalue weighted by Crippen LogP contribution is -2.01. The molecule has 0 radical (unpaired) electrons. The molecule has 0 saturated heterocycles. The van der Waals surface area contributed by atoms with E-state index in [2.05, 4.69) is 0 Å². The first-order valence-corrected chi connectivity index (χ1v) is 4.67. The molecule has 74 valence electrons. The number of rotatable bonds is 3. The molecule has 1 aliphatic carbocycles. The normalized spacial score (nSPS) is 15.5. The van der Waals surface area contributed by atoms with Gasteiger partial charge in [0.1, 0.15) is 5.82 Å². The Bertz CT molecular complexity index is 370. The molecule has 1 fully saturated rings. The second kappa shape index (κ2) is 3.40. The first-order chi connectivity index (χ1) is 6.66. The minimum absolute atomic E-state index is 0.109. The van der Waals surface area contributed by atoms with Gasteiger partial charge in [0.25, 0.3) is 0 Å².